The largest absolute Gasteiger partial charge is 0.393 e. The van der Waals surface area contributed by atoms with Crippen LogP contribution < -0.4 is 5.56 Å². The van der Waals surface area contributed by atoms with E-state index >= 15 is 0 Å². The number of carbonyl (C=O) groups is 1. The fraction of sp³-hybridized carbons (Fsp3) is 0.368. The number of aromatic nitrogens is 1. The highest BCUT2D eigenvalue weighted by atomic mass is 16.5. The highest BCUT2D eigenvalue weighted by Crippen LogP contribution is 2.23. The number of aliphatic hydroxyl groups excluding tert-OH is 1. The average molecular weight is 342 g/mol. The molecule has 1 aliphatic rings. The van der Waals surface area contributed by atoms with Crippen molar-refractivity contribution in [2.45, 2.75) is 18.6 Å². The minimum atomic E-state index is -0.809. The lowest BCUT2D eigenvalue weighted by Crippen LogP contribution is -2.57. The lowest BCUT2D eigenvalue weighted by atomic mass is 9.93. The van der Waals surface area contributed by atoms with E-state index in [2.05, 4.69) is 0 Å². The van der Waals surface area contributed by atoms with Gasteiger partial charge in [-0.3, -0.25) is 9.59 Å². The normalized spacial score (nSPS) is 20.4. The van der Waals surface area contributed by atoms with Gasteiger partial charge in [-0.2, -0.15) is 0 Å². The minimum Gasteiger partial charge on any atom is -0.393 e. The van der Waals surface area contributed by atoms with Gasteiger partial charge in [-0.1, -0.05) is 36.4 Å². The second kappa shape index (κ2) is 7.63. The Balaban J connectivity index is 1.71. The molecule has 1 aromatic carbocycles. The van der Waals surface area contributed by atoms with Gasteiger partial charge < -0.3 is 19.3 Å². The van der Waals surface area contributed by atoms with E-state index in [1.807, 2.05) is 30.3 Å². The summed E-state index contributed by atoms with van der Waals surface area (Å²) in [5, 5.41) is 9.92. The summed E-state index contributed by atoms with van der Waals surface area (Å²) in [6, 6.07) is 14.6. The molecule has 6 nitrogen and oxygen atoms in total. The van der Waals surface area contributed by atoms with E-state index in [-0.39, 0.29) is 24.6 Å². The summed E-state index contributed by atoms with van der Waals surface area (Å²) in [6.45, 7) is 0.946. The summed E-state index contributed by atoms with van der Waals surface area (Å²) in [6.07, 6.45) is 2.13. The van der Waals surface area contributed by atoms with E-state index in [1.54, 1.807) is 23.2 Å². The van der Waals surface area contributed by atoms with E-state index in [4.69, 9.17) is 4.74 Å². The Labute approximate surface area is 146 Å². The van der Waals surface area contributed by atoms with Gasteiger partial charge in [0, 0.05) is 25.2 Å². The molecule has 0 unspecified atom stereocenters. The van der Waals surface area contributed by atoms with Gasteiger partial charge in [0.1, 0.15) is 12.1 Å². The van der Waals surface area contributed by atoms with Crippen molar-refractivity contribution in [3.8, 4) is 0 Å². The molecule has 0 radical (unpaired) electrons. The maximum Gasteiger partial charge on any atom is 0.250 e. The van der Waals surface area contributed by atoms with E-state index in [9.17, 15) is 14.7 Å². The van der Waals surface area contributed by atoms with Crippen molar-refractivity contribution in [1.29, 1.82) is 0 Å². The first-order chi connectivity index (χ1) is 12.1. The molecule has 1 aliphatic heterocycles. The Morgan fingerprint density at radius 1 is 1.16 bits per heavy atom. The van der Waals surface area contributed by atoms with Crippen LogP contribution in [0, 0.1) is 0 Å². The molecule has 0 spiro atoms. The van der Waals surface area contributed by atoms with Crippen LogP contribution in [0.25, 0.3) is 0 Å². The van der Waals surface area contributed by atoms with Gasteiger partial charge in [-0.05, 0) is 11.6 Å². The van der Waals surface area contributed by atoms with Crippen LogP contribution in [0.5, 0.6) is 0 Å². The van der Waals surface area contributed by atoms with Crippen molar-refractivity contribution < 1.29 is 14.6 Å². The summed E-state index contributed by atoms with van der Waals surface area (Å²) in [5.74, 6) is -0.150. The van der Waals surface area contributed by atoms with Gasteiger partial charge in [0.25, 0.3) is 5.56 Å². The van der Waals surface area contributed by atoms with Crippen molar-refractivity contribution in [3.63, 3.8) is 0 Å². The molecule has 0 saturated carbocycles. The van der Waals surface area contributed by atoms with Gasteiger partial charge in [0.15, 0.2) is 0 Å². The molecule has 1 fully saturated rings. The summed E-state index contributed by atoms with van der Waals surface area (Å²) in [4.78, 5) is 26.1. The molecule has 1 saturated heterocycles. The van der Waals surface area contributed by atoms with E-state index in [0.29, 0.717) is 26.1 Å². The minimum absolute atomic E-state index is 0.00742. The fourth-order valence-electron chi connectivity index (χ4n) is 3.12. The van der Waals surface area contributed by atoms with Gasteiger partial charge in [-0.25, -0.2) is 0 Å². The first-order valence-electron chi connectivity index (χ1n) is 8.34. The molecule has 25 heavy (non-hydrogen) atoms. The molecule has 1 aromatic heterocycles. The SMILES string of the molecule is O=C(Cn1ccccc1=O)N1CCO[C@@](CO)(Cc2ccccc2)C1. The Morgan fingerprint density at radius 3 is 2.64 bits per heavy atom. The smallest absolute Gasteiger partial charge is 0.250 e. The van der Waals surface area contributed by atoms with E-state index < -0.39 is 5.60 Å². The summed E-state index contributed by atoms with van der Waals surface area (Å²) < 4.78 is 7.25. The number of carbonyl (C=O) groups excluding carboxylic acids is 1. The number of nitrogens with zero attached hydrogens (tertiary/aromatic N) is 2. The van der Waals surface area contributed by atoms with Crippen molar-refractivity contribution in [2.75, 3.05) is 26.3 Å². The van der Waals surface area contributed by atoms with E-state index in [0.717, 1.165) is 5.56 Å². The third kappa shape index (κ3) is 4.15. The molecule has 2 heterocycles. The highest BCUT2D eigenvalue weighted by Gasteiger charge is 2.38. The van der Waals surface area contributed by atoms with Gasteiger partial charge in [-0.15, -0.1) is 0 Å². The van der Waals surface area contributed by atoms with Crippen LogP contribution in [0.4, 0.5) is 0 Å². The molecular weight excluding hydrogens is 320 g/mol. The molecule has 0 bridgehead atoms. The second-order valence-electron chi connectivity index (χ2n) is 6.33. The predicted octanol–water partition coefficient (Wildman–Crippen LogP) is 0.681. The van der Waals surface area contributed by atoms with E-state index in [1.165, 1.54) is 10.6 Å². The maximum absolute atomic E-state index is 12.6. The molecule has 2 aromatic rings. The number of benzene rings is 1. The summed E-state index contributed by atoms with van der Waals surface area (Å²) in [5.41, 5.74) is 0.0311. The van der Waals surface area contributed by atoms with Crippen molar-refractivity contribution in [2.24, 2.45) is 0 Å². The molecule has 6 heteroatoms. The maximum atomic E-state index is 12.6. The summed E-state index contributed by atoms with van der Waals surface area (Å²) in [7, 11) is 0. The zero-order chi connectivity index (χ0) is 17.7. The first-order valence-corrected chi connectivity index (χ1v) is 8.34. The number of ether oxygens (including phenoxy) is 1. The zero-order valence-electron chi connectivity index (χ0n) is 14.0. The van der Waals surface area contributed by atoms with Crippen LogP contribution in [-0.2, 0) is 22.5 Å². The molecule has 3 rings (SSSR count). The van der Waals surface area contributed by atoms with Crippen molar-refractivity contribution >= 4 is 5.91 Å². The van der Waals surface area contributed by atoms with Crippen LogP contribution in [0.2, 0.25) is 0 Å². The van der Waals surface area contributed by atoms with Crippen LogP contribution in [0.15, 0.2) is 59.5 Å². The predicted molar refractivity (Wildman–Crippen MR) is 93.2 cm³/mol. The third-order valence-electron chi connectivity index (χ3n) is 4.46. The number of morpholine rings is 1. The quantitative estimate of drug-likeness (QED) is 0.867. The van der Waals surface area contributed by atoms with Crippen LogP contribution in [0.3, 0.4) is 0 Å². The van der Waals surface area contributed by atoms with Crippen LogP contribution in [-0.4, -0.2) is 52.4 Å². The Kier molecular flexibility index (Phi) is 5.31. The third-order valence-corrected chi connectivity index (χ3v) is 4.46. The average Bonchev–Trinajstić information content (AvgIpc) is 2.64. The van der Waals surface area contributed by atoms with Gasteiger partial charge in [0.05, 0.1) is 19.8 Å². The zero-order valence-corrected chi connectivity index (χ0v) is 14.0. The Morgan fingerprint density at radius 2 is 1.92 bits per heavy atom. The second-order valence-corrected chi connectivity index (χ2v) is 6.33. The van der Waals surface area contributed by atoms with Gasteiger partial charge >= 0.3 is 0 Å². The topological polar surface area (TPSA) is 71.8 Å². The van der Waals surface area contributed by atoms with Crippen molar-refractivity contribution in [3.05, 3.63) is 70.6 Å². The number of pyridine rings is 1. The molecule has 1 N–H and O–H groups in total. The number of hydrogen-bond donors (Lipinski definition) is 1. The molecule has 132 valence electrons. The molecule has 0 aliphatic carbocycles. The molecule has 1 amide bonds. The van der Waals surface area contributed by atoms with Crippen LogP contribution in [0.1, 0.15) is 5.56 Å². The Bertz CT molecular complexity index is 774. The highest BCUT2D eigenvalue weighted by molar-refractivity contribution is 5.76. The number of aliphatic hydroxyl groups is 1. The fourth-order valence-corrected chi connectivity index (χ4v) is 3.12. The first kappa shape index (κ1) is 17.4. The summed E-state index contributed by atoms with van der Waals surface area (Å²) >= 11 is 0. The molecule has 1 atom stereocenters. The van der Waals surface area contributed by atoms with Crippen LogP contribution >= 0.6 is 0 Å². The molecular formula is C19H22N2O4. The lowest BCUT2D eigenvalue weighted by Gasteiger charge is -2.42. The monoisotopic (exact) mass is 342 g/mol. The van der Waals surface area contributed by atoms with Gasteiger partial charge in [0.2, 0.25) is 5.91 Å². The van der Waals surface area contributed by atoms with Crippen molar-refractivity contribution in [1.82, 2.24) is 9.47 Å². The number of rotatable bonds is 5. The standard InChI is InChI=1S/C19H22N2O4/c22-15-19(12-16-6-2-1-3-7-16)14-21(10-11-25-19)18(24)13-20-9-5-4-8-17(20)23/h1-9,22H,10-15H2/t19-/m0/s1. The number of amides is 1. The lowest BCUT2D eigenvalue weighted by molar-refractivity contribution is -0.158. The number of hydrogen-bond acceptors (Lipinski definition) is 4. The Hall–Kier alpha value is -2.44.